The summed E-state index contributed by atoms with van der Waals surface area (Å²) in [7, 11) is 0. The molecule has 17 heavy (non-hydrogen) atoms. The highest BCUT2D eigenvalue weighted by atomic mass is 15.2. The standard InChI is InChI=1S/C15H30N2/c1-12(2)15-11-17(8-4-7-16-15)10-14-6-5-13(3)9-14/h12-16H,4-11H2,1-3H3. The molecule has 1 heterocycles. The Balaban J connectivity index is 1.82. The summed E-state index contributed by atoms with van der Waals surface area (Å²) in [5.41, 5.74) is 0. The Morgan fingerprint density at radius 2 is 2.12 bits per heavy atom. The first-order valence-electron chi connectivity index (χ1n) is 7.61. The van der Waals surface area contributed by atoms with Gasteiger partial charge in [0.05, 0.1) is 0 Å². The van der Waals surface area contributed by atoms with Crippen molar-refractivity contribution in [1.82, 2.24) is 10.2 Å². The molecule has 2 rings (SSSR count). The largest absolute Gasteiger partial charge is 0.312 e. The monoisotopic (exact) mass is 238 g/mol. The lowest BCUT2D eigenvalue weighted by atomic mass is 10.0. The average Bonchev–Trinajstić information content (AvgIpc) is 2.54. The Labute approximate surface area is 107 Å². The van der Waals surface area contributed by atoms with Gasteiger partial charge < -0.3 is 10.2 Å². The van der Waals surface area contributed by atoms with Crippen LogP contribution in [0.3, 0.4) is 0 Å². The molecule has 0 radical (unpaired) electrons. The maximum absolute atomic E-state index is 3.70. The second kappa shape index (κ2) is 6.19. The van der Waals surface area contributed by atoms with Crippen LogP contribution in [0.5, 0.6) is 0 Å². The van der Waals surface area contributed by atoms with Crippen LogP contribution in [-0.4, -0.2) is 37.1 Å². The molecule has 2 nitrogen and oxygen atoms in total. The first-order chi connectivity index (χ1) is 8.15. The Morgan fingerprint density at radius 1 is 1.29 bits per heavy atom. The molecular weight excluding hydrogens is 208 g/mol. The fourth-order valence-electron chi connectivity index (χ4n) is 3.49. The van der Waals surface area contributed by atoms with Crippen molar-refractivity contribution >= 4 is 0 Å². The minimum absolute atomic E-state index is 0.705. The van der Waals surface area contributed by atoms with E-state index in [1.807, 2.05) is 0 Å². The second-order valence-electron chi connectivity index (χ2n) is 6.70. The molecule has 3 unspecified atom stereocenters. The molecule has 2 heteroatoms. The van der Waals surface area contributed by atoms with E-state index >= 15 is 0 Å². The maximum Gasteiger partial charge on any atom is 0.0217 e. The van der Waals surface area contributed by atoms with E-state index in [1.165, 1.54) is 51.9 Å². The van der Waals surface area contributed by atoms with Gasteiger partial charge in [-0.3, -0.25) is 0 Å². The average molecular weight is 238 g/mol. The lowest BCUT2D eigenvalue weighted by Gasteiger charge is -2.28. The summed E-state index contributed by atoms with van der Waals surface area (Å²) in [4.78, 5) is 2.73. The van der Waals surface area contributed by atoms with Crippen molar-refractivity contribution in [3.63, 3.8) is 0 Å². The van der Waals surface area contributed by atoms with Crippen LogP contribution in [0.15, 0.2) is 0 Å². The van der Waals surface area contributed by atoms with Crippen molar-refractivity contribution in [2.75, 3.05) is 26.2 Å². The predicted octanol–water partition coefficient (Wildman–Crippen LogP) is 2.74. The number of hydrogen-bond acceptors (Lipinski definition) is 2. The van der Waals surface area contributed by atoms with Crippen molar-refractivity contribution in [2.45, 2.75) is 52.5 Å². The molecule has 1 saturated carbocycles. The zero-order valence-corrected chi connectivity index (χ0v) is 11.9. The number of rotatable bonds is 3. The minimum Gasteiger partial charge on any atom is -0.312 e. The third-order valence-corrected chi connectivity index (χ3v) is 4.64. The minimum atomic E-state index is 0.705. The summed E-state index contributed by atoms with van der Waals surface area (Å²) in [6, 6.07) is 0.705. The molecule has 2 fully saturated rings. The molecule has 0 aromatic heterocycles. The molecule has 0 amide bonds. The lowest BCUT2D eigenvalue weighted by molar-refractivity contribution is 0.211. The topological polar surface area (TPSA) is 15.3 Å². The van der Waals surface area contributed by atoms with Crippen LogP contribution >= 0.6 is 0 Å². The number of nitrogens with one attached hydrogen (secondary N) is 1. The van der Waals surface area contributed by atoms with Gasteiger partial charge in [0.1, 0.15) is 0 Å². The van der Waals surface area contributed by atoms with E-state index in [0.717, 1.165) is 17.8 Å². The van der Waals surface area contributed by atoms with Crippen LogP contribution in [-0.2, 0) is 0 Å². The van der Waals surface area contributed by atoms with E-state index in [4.69, 9.17) is 0 Å². The molecule has 0 bridgehead atoms. The molecule has 1 aliphatic carbocycles. The summed E-state index contributed by atoms with van der Waals surface area (Å²) in [5, 5.41) is 3.70. The maximum atomic E-state index is 3.70. The Hall–Kier alpha value is -0.0800. The van der Waals surface area contributed by atoms with Crippen molar-refractivity contribution in [2.24, 2.45) is 17.8 Å². The zero-order chi connectivity index (χ0) is 12.3. The molecule has 3 atom stereocenters. The molecule has 1 saturated heterocycles. The van der Waals surface area contributed by atoms with E-state index in [-0.39, 0.29) is 0 Å². The summed E-state index contributed by atoms with van der Waals surface area (Å²) in [6.07, 6.45) is 5.73. The van der Waals surface area contributed by atoms with Crippen molar-refractivity contribution < 1.29 is 0 Å². The van der Waals surface area contributed by atoms with E-state index in [2.05, 4.69) is 31.0 Å². The highest BCUT2D eigenvalue weighted by Crippen LogP contribution is 2.31. The van der Waals surface area contributed by atoms with Gasteiger partial charge in [0.15, 0.2) is 0 Å². The summed E-state index contributed by atoms with van der Waals surface area (Å²) < 4.78 is 0. The smallest absolute Gasteiger partial charge is 0.0217 e. The van der Waals surface area contributed by atoms with Crippen molar-refractivity contribution in [3.05, 3.63) is 0 Å². The van der Waals surface area contributed by atoms with Gasteiger partial charge in [0.25, 0.3) is 0 Å². The fraction of sp³-hybridized carbons (Fsp3) is 1.00. The van der Waals surface area contributed by atoms with E-state index in [9.17, 15) is 0 Å². The zero-order valence-electron chi connectivity index (χ0n) is 11.9. The first-order valence-corrected chi connectivity index (χ1v) is 7.61. The molecule has 1 aliphatic heterocycles. The van der Waals surface area contributed by atoms with Crippen molar-refractivity contribution in [3.8, 4) is 0 Å². The lowest BCUT2D eigenvalue weighted by Crippen LogP contribution is -2.42. The van der Waals surface area contributed by atoms with Gasteiger partial charge in [-0.1, -0.05) is 27.2 Å². The first kappa shape index (κ1) is 13.4. The molecule has 1 N–H and O–H groups in total. The van der Waals surface area contributed by atoms with E-state index in [0.29, 0.717) is 6.04 Å². The van der Waals surface area contributed by atoms with Gasteiger partial charge in [-0.15, -0.1) is 0 Å². The molecular formula is C15H30N2. The Kier molecular flexibility index (Phi) is 4.87. The van der Waals surface area contributed by atoms with Crippen molar-refractivity contribution in [1.29, 1.82) is 0 Å². The van der Waals surface area contributed by atoms with Gasteiger partial charge in [0, 0.05) is 19.1 Å². The number of hydrogen-bond donors (Lipinski definition) is 1. The molecule has 0 aromatic rings. The second-order valence-corrected chi connectivity index (χ2v) is 6.70. The van der Waals surface area contributed by atoms with Gasteiger partial charge in [-0.2, -0.15) is 0 Å². The molecule has 100 valence electrons. The molecule has 2 aliphatic rings. The highest BCUT2D eigenvalue weighted by Gasteiger charge is 2.26. The van der Waals surface area contributed by atoms with Crippen LogP contribution in [0, 0.1) is 17.8 Å². The van der Waals surface area contributed by atoms with Crippen LogP contribution < -0.4 is 5.32 Å². The van der Waals surface area contributed by atoms with E-state index in [1.54, 1.807) is 0 Å². The van der Waals surface area contributed by atoms with Crippen LogP contribution in [0.2, 0.25) is 0 Å². The van der Waals surface area contributed by atoms with Crippen LogP contribution in [0.1, 0.15) is 46.5 Å². The SMILES string of the molecule is CC1CCC(CN2CCCNC(C(C)C)C2)C1. The van der Waals surface area contributed by atoms with E-state index < -0.39 is 0 Å². The predicted molar refractivity (Wildman–Crippen MR) is 74.2 cm³/mol. The third-order valence-electron chi connectivity index (χ3n) is 4.64. The van der Waals surface area contributed by atoms with Gasteiger partial charge in [0.2, 0.25) is 0 Å². The van der Waals surface area contributed by atoms with Gasteiger partial charge in [-0.25, -0.2) is 0 Å². The molecule has 0 aromatic carbocycles. The Morgan fingerprint density at radius 3 is 2.76 bits per heavy atom. The highest BCUT2D eigenvalue weighted by molar-refractivity contribution is 4.82. The third kappa shape index (κ3) is 3.96. The van der Waals surface area contributed by atoms with Gasteiger partial charge in [-0.05, 0) is 50.1 Å². The summed E-state index contributed by atoms with van der Waals surface area (Å²) >= 11 is 0. The van der Waals surface area contributed by atoms with Crippen LogP contribution in [0.4, 0.5) is 0 Å². The fourth-order valence-corrected chi connectivity index (χ4v) is 3.49. The normalized spacial score (nSPS) is 36.4. The van der Waals surface area contributed by atoms with Gasteiger partial charge >= 0.3 is 0 Å². The Bertz CT molecular complexity index is 227. The molecule has 0 spiro atoms. The quantitative estimate of drug-likeness (QED) is 0.813. The summed E-state index contributed by atoms with van der Waals surface area (Å²) in [6.45, 7) is 12.2. The van der Waals surface area contributed by atoms with Crippen LogP contribution in [0.25, 0.3) is 0 Å². The summed E-state index contributed by atoms with van der Waals surface area (Å²) in [5.74, 6) is 2.72. The number of nitrogens with zero attached hydrogens (tertiary/aromatic N) is 1.